The molecule has 0 saturated heterocycles. The second kappa shape index (κ2) is 5.88. The molecule has 0 spiro atoms. The molecule has 0 atom stereocenters. The maximum atomic E-state index is 10.6. The van der Waals surface area contributed by atoms with Gasteiger partial charge in [0, 0.05) is 31.3 Å². The maximum absolute atomic E-state index is 10.6. The third-order valence-electron chi connectivity index (χ3n) is 3.43. The van der Waals surface area contributed by atoms with Gasteiger partial charge in [-0.25, -0.2) is 0 Å². The Labute approximate surface area is 112 Å². The maximum Gasteiger partial charge on any atom is 0.271 e. The minimum absolute atomic E-state index is 0.0243. The van der Waals surface area contributed by atoms with E-state index in [4.69, 9.17) is 5.73 Å². The van der Waals surface area contributed by atoms with E-state index in [1.807, 2.05) is 0 Å². The van der Waals surface area contributed by atoms with Crippen LogP contribution in [0.1, 0.15) is 19.8 Å². The van der Waals surface area contributed by atoms with Crippen LogP contribution < -0.4 is 11.1 Å². The van der Waals surface area contributed by atoms with Crippen LogP contribution in [0, 0.1) is 10.1 Å². The second-order valence-electron chi connectivity index (χ2n) is 4.82. The number of nitro benzene ring substituents is 1. The fraction of sp³-hybridized carbons (Fsp3) is 0.538. The predicted molar refractivity (Wildman–Crippen MR) is 76.3 cm³/mol. The van der Waals surface area contributed by atoms with Gasteiger partial charge in [0.15, 0.2) is 0 Å². The Morgan fingerprint density at radius 2 is 2.26 bits per heavy atom. The van der Waals surface area contributed by atoms with Gasteiger partial charge < -0.3 is 11.1 Å². The Bertz CT molecular complexity index is 460. The fourth-order valence-corrected chi connectivity index (χ4v) is 2.20. The molecule has 0 amide bonds. The number of anilines is 2. The van der Waals surface area contributed by atoms with Crippen LogP contribution in [-0.2, 0) is 0 Å². The number of hydrogen-bond donors (Lipinski definition) is 2. The van der Waals surface area contributed by atoms with Crippen molar-refractivity contribution in [2.45, 2.75) is 25.8 Å². The number of nitrogen functional groups attached to an aromatic ring is 1. The molecule has 0 radical (unpaired) electrons. The Morgan fingerprint density at radius 1 is 1.53 bits per heavy atom. The molecule has 1 aromatic rings. The highest BCUT2D eigenvalue weighted by Gasteiger charge is 2.27. The number of nitrogens with zero attached hydrogens (tertiary/aromatic N) is 2. The lowest BCUT2D eigenvalue weighted by atomic mass is 10.2. The molecule has 0 aromatic heterocycles. The number of rotatable bonds is 7. The monoisotopic (exact) mass is 264 g/mol. The first-order valence-electron chi connectivity index (χ1n) is 6.63. The van der Waals surface area contributed by atoms with Crippen LogP contribution in [0.4, 0.5) is 17.1 Å². The van der Waals surface area contributed by atoms with E-state index in [0.717, 1.165) is 31.4 Å². The van der Waals surface area contributed by atoms with Gasteiger partial charge in [0.2, 0.25) is 0 Å². The lowest BCUT2D eigenvalue weighted by Gasteiger charge is -2.20. The summed E-state index contributed by atoms with van der Waals surface area (Å²) in [7, 11) is 0. The molecule has 0 bridgehead atoms. The van der Waals surface area contributed by atoms with E-state index >= 15 is 0 Å². The zero-order chi connectivity index (χ0) is 13.8. The summed E-state index contributed by atoms with van der Waals surface area (Å²) in [6, 6.07) is 5.28. The summed E-state index contributed by atoms with van der Waals surface area (Å²) in [5, 5.41) is 13.8. The first-order valence-corrected chi connectivity index (χ1v) is 6.63. The van der Waals surface area contributed by atoms with Gasteiger partial charge in [-0.3, -0.25) is 15.0 Å². The highest BCUT2D eigenvalue weighted by molar-refractivity contribution is 5.69. The SMILES string of the molecule is CCN(CCNc1ccc([N+](=O)[O-])cc1N)C1CC1. The molecule has 0 aliphatic heterocycles. The van der Waals surface area contributed by atoms with E-state index in [1.54, 1.807) is 6.07 Å². The molecule has 1 saturated carbocycles. The van der Waals surface area contributed by atoms with Crippen molar-refractivity contribution < 1.29 is 4.92 Å². The highest BCUT2D eigenvalue weighted by Crippen LogP contribution is 2.27. The summed E-state index contributed by atoms with van der Waals surface area (Å²) < 4.78 is 0. The number of likely N-dealkylation sites (N-methyl/N-ethyl adjacent to an activating group) is 1. The van der Waals surface area contributed by atoms with Crippen LogP contribution in [0.25, 0.3) is 0 Å². The van der Waals surface area contributed by atoms with E-state index < -0.39 is 4.92 Å². The van der Waals surface area contributed by atoms with Gasteiger partial charge in [-0.15, -0.1) is 0 Å². The highest BCUT2D eigenvalue weighted by atomic mass is 16.6. The average molecular weight is 264 g/mol. The van der Waals surface area contributed by atoms with Crippen molar-refractivity contribution in [2.75, 3.05) is 30.7 Å². The van der Waals surface area contributed by atoms with Gasteiger partial charge in [-0.2, -0.15) is 0 Å². The zero-order valence-corrected chi connectivity index (χ0v) is 11.1. The molecule has 1 aliphatic carbocycles. The number of nitrogens with one attached hydrogen (secondary N) is 1. The molecule has 1 aromatic carbocycles. The minimum atomic E-state index is -0.438. The number of non-ortho nitro benzene ring substituents is 1. The van der Waals surface area contributed by atoms with E-state index in [-0.39, 0.29) is 5.69 Å². The smallest absolute Gasteiger partial charge is 0.271 e. The first kappa shape index (κ1) is 13.6. The van der Waals surface area contributed by atoms with Gasteiger partial charge in [0.25, 0.3) is 5.69 Å². The molecule has 1 aliphatic rings. The van der Waals surface area contributed by atoms with E-state index in [9.17, 15) is 10.1 Å². The van der Waals surface area contributed by atoms with E-state index in [1.165, 1.54) is 25.0 Å². The second-order valence-corrected chi connectivity index (χ2v) is 4.82. The van der Waals surface area contributed by atoms with Crippen molar-refractivity contribution in [3.8, 4) is 0 Å². The summed E-state index contributed by atoms with van der Waals surface area (Å²) >= 11 is 0. The summed E-state index contributed by atoms with van der Waals surface area (Å²) in [5.74, 6) is 0. The normalized spacial score (nSPS) is 14.6. The Balaban J connectivity index is 1.87. The summed E-state index contributed by atoms with van der Waals surface area (Å²) in [6.07, 6.45) is 2.60. The molecular weight excluding hydrogens is 244 g/mol. The molecule has 6 heteroatoms. The topological polar surface area (TPSA) is 84.4 Å². The average Bonchev–Trinajstić information content (AvgIpc) is 3.20. The van der Waals surface area contributed by atoms with E-state index in [0.29, 0.717) is 5.69 Å². The Morgan fingerprint density at radius 3 is 2.79 bits per heavy atom. The standard InChI is InChI=1S/C13H20N4O2/c1-2-16(10-3-4-10)8-7-15-13-6-5-11(17(18)19)9-12(13)14/h5-6,9-10,15H,2-4,7-8,14H2,1H3. The number of nitrogens with two attached hydrogens (primary N) is 1. The summed E-state index contributed by atoms with van der Waals surface area (Å²) in [5.41, 5.74) is 7.01. The Kier molecular flexibility index (Phi) is 4.21. The lowest BCUT2D eigenvalue weighted by molar-refractivity contribution is -0.384. The van der Waals surface area contributed by atoms with Crippen LogP contribution in [-0.4, -0.2) is 35.5 Å². The van der Waals surface area contributed by atoms with Crippen LogP contribution in [0.2, 0.25) is 0 Å². The molecule has 2 rings (SSSR count). The third-order valence-corrected chi connectivity index (χ3v) is 3.43. The minimum Gasteiger partial charge on any atom is -0.397 e. The fourth-order valence-electron chi connectivity index (χ4n) is 2.20. The van der Waals surface area contributed by atoms with Crippen LogP contribution in [0.5, 0.6) is 0 Å². The molecule has 0 heterocycles. The van der Waals surface area contributed by atoms with Crippen molar-refractivity contribution in [2.24, 2.45) is 0 Å². The van der Waals surface area contributed by atoms with Crippen LogP contribution in [0.15, 0.2) is 18.2 Å². The molecule has 3 N–H and O–H groups in total. The number of hydrogen-bond acceptors (Lipinski definition) is 5. The van der Waals surface area contributed by atoms with Crippen molar-refractivity contribution in [3.63, 3.8) is 0 Å². The van der Waals surface area contributed by atoms with Crippen LogP contribution >= 0.6 is 0 Å². The van der Waals surface area contributed by atoms with Crippen molar-refractivity contribution >= 4 is 17.1 Å². The van der Waals surface area contributed by atoms with Crippen LogP contribution in [0.3, 0.4) is 0 Å². The number of benzene rings is 1. The quantitative estimate of drug-likeness (QED) is 0.447. The molecule has 0 unspecified atom stereocenters. The van der Waals surface area contributed by atoms with E-state index in [2.05, 4.69) is 17.1 Å². The lowest BCUT2D eigenvalue weighted by Crippen LogP contribution is -2.31. The molecule has 19 heavy (non-hydrogen) atoms. The molecular formula is C13H20N4O2. The van der Waals surface area contributed by atoms with Crippen molar-refractivity contribution in [3.05, 3.63) is 28.3 Å². The molecule has 1 fully saturated rings. The summed E-state index contributed by atoms with van der Waals surface area (Å²) in [6.45, 7) is 4.99. The third kappa shape index (κ3) is 3.57. The molecule has 104 valence electrons. The van der Waals surface area contributed by atoms with Gasteiger partial charge in [0.1, 0.15) is 0 Å². The van der Waals surface area contributed by atoms with Gasteiger partial charge in [0.05, 0.1) is 16.3 Å². The predicted octanol–water partition coefficient (Wildman–Crippen LogP) is 2.07. The zero-order valence-electron chi connectivity index (χ0n) is 11.1. The Hall–Kier alpha value is -1.82. The largest absolute Gasteiger partial charge is 0.397 e. The summed E-state index contributed by atoms with van der Waals surface area (Å²) in [4.78, 5) is 12.6. The molecule has 6 nitrogen and oxygen atoms in total. The van der Waals surface area contributed by atoms with Gasteiger partial charge in [-0.1, -0.05) is 6.92 Å². The van der Waals surface area contributed by atoms with Gasteiger partial charge in [-0.05, 0) is 25.5 Å². The van der Waals surface area contributed by atoms with Gasteiger partial charge >= 0.3 is 0 Å². The van der Waals surface area contributed by atoms with Crippen molar-refractivity contribution in [1.29, 1.82) is 0 Å². The number of nitro groups is 1. The van der Waals surface area contributed by atoms with Crippen molar-refractivity contribution in [1.82, 2.24) is 4.90 Å². The first-order chi connectivity index (χ1) is 9.11.